The predicted octanol–water partition coefficient (Wildman–Crippen LogP) is 1.89. The summed E-state index contributed by atoms with van der Waals surface area (Å²) in [5.74, 6) is -0.108. The summed E-state index contributed by atoms with van der Waals surface area (Å²) < 4.78 is 0. The Kier molecular flexibility index (Phi) is 5.06. The Morgan fingerprint density at radius 1 is 1.14 bits per heavy atom. The summed E-state index contributed by atoms with van der Waals surface area (Å²) in [5.41, 5.74) is 3.49. The molecule has 1 fully saturated rings. The van der Waals surface area contributed by atoms with Crippen molar-refractivity contribution in [2.75, 3.05) is 11.9 Å². The second kappa shape index (κ2) is 7.80. The summed E-state index contributed by atoms with van der Waals surface area (Å²) in [6, 6.07) is 9.12. The van der Waals surface area contributed by atoms with Crippen LogP contribution in [-0.4, -0.2) is 40.2 Å². The lowest BCUT2D eigenvalue weighted by Gasteiger charge is -2.30. The van der Waals surface area contributed by atoms with E-state index < -0.39 is 0 Å². The van der Waals surface area contributed by atoms with E-state index in [1.165, 1.54) is 5.56 Å². The maximum absolute atomic E-state index is 12.6. The summed E-state index contributed by atoms with van der Waals surface area (Å²) in [4.78, 5) is 42.0. The predicted molar refractivity (Wildman–Crippen MR) is 104 cm³/mol. The molecule has 2 aliphatic rings. The Hall–Kier alpha value is -3.22. The number of benzene rings is 1. The van der Waals surface area contributed by atoms with Gasteiger partial charge in [0, 0.05) is 55.6 Å². The van der Waals surface area contributed by atoms with E-state index in [9.17, 15) is 14.4 Å². The fourth-order valence-electron chi connectivity index (χ4n) is 3.72. The smallest absolute Gasteiger partial charge is 0.255 e. The van der Waals surface area contributed by atoms with Gasteiger partial charge in [0.2, 0.25) is 11.8 Å². The van der Waals surface area contributed by atoms with Gasteiger partial charge in [-0.05, 0) is 48.2 Å². The number of pyridine rings is 1. The number of aromatic nitrogens is 1. The van der Waals surface area contributed by atoms with Gasteiger partial charge in [-0.15, -0.1) is 0 Å². The van der Waals surface area contributed by atoms with E-state index in [2.05, 4.69) is 15.6 Å². The van der Waals surface area contributed by atoms with Crippen molar-refractivity contribution < 1.29 is 14.4 Å². The molecular weight excluding hydrogens is 356 g/mol. The molecule has 2 aromatic rings. The van der Waals surface area contributed by atoms with E-state index >= 15 is 0 Å². The minimum atomic E-state index is -0.192. The van der Waals surface area contributed by atoms with Crippen molar-refractivity contribution in [2.45, 2.75) is 38.3 Å². The van der Waals surface area contributed by atoms with Crippen molar-refractivity contribution in [3.05, 3.63) is 59.4 Å². The van der Waals surface area contributed by atoms with Crippen molar-refractivity contribution in [2.24, 2.45) is 0 Å². The number of rotatable bonds is 4. The number of carbonyl (C=O) groups is 3. The number of nitrogens with zero attached hydrogens (tertiary/aromatic N) is 2. The van der Waals surface area contributed by atoms with Crippen LogP contribution >= 0.6 is 0 Å². The highest BCUT2D eigenvalue weighted by molar-refractivity contribution is 6.04. The van der Waals surface area contributed by atoms with Crippen LogP contribution in [0.15, 0.2) is 42.7 Å². The van der Waals surface area contributed by atoms with Crippen LogP contribution in [0.5, 0.6) is 0 Å². The van der Waals surface area contributed by atoms with E-state index in [-0.39, 0.29) is 23.8 Å². The molecule has 0 bridgehead atoms. The third kappa shape index (κ3) is 4.03. The SMILES string of the molecule is O=C1CCC(CC(=O)N2CCc3ccc(NC(=O)c4ccncc4)cc3C2)N1. The zero-order chi connectivity index (χ0) is 19.5. The van der Waals surface area contributed by atoms with Crippen molar-refractivity contribution in [1.29, 1.82) is 0 Å². The summed E-state index contributed by atoms with van der Waals surface area (Å²) >= 11 is 0. The van der Waals surface area contributed by atoms with Crippen molar-refractivity contribution in [1.82, 2.24) is 15.2 Å². The lowest BCUT2D eigenvalue weighted by Crippen LogP contribution is -2.39. The molecule has 0 saturated carbocycles. The first-order chi connectivity index (χ1) is 13.6. The van der Waals surface area contributed by atoms with Gasteiger partial charge in [-0.25, -0.2) is 0 Å². The van der Waals surface area contributed by atoms with Crippen LogP contribution in [0.4, 0.5) is 5.69 Å². The highest BCUT2D eigenvalue weighted by atomic mass is 16.2. The number of anilines is 1. The molecule has 0 spiro atoms. The Labute approximate surface area is 163 Å². The molecular formula is C21H22N4O3. The van der Waals surface area contributed by atoms with Gasteiger partial charge in [-0.2, -0.15) is 0 Å². The first-order valence-corrected chi connectivity index (χ1v) is 9.49. The molecule has 1 saturated heterocycles. The Morgan fingerprint density at radius 3 is 2.71 bits per heavy atom. The highest BCUT2D eigenvalue weighted by Crippen LogP contribution is 2.24. The summed E-state index contributed by atoms with van der Waals surface area (Å²) in [6.45, 7) is 1.20. The molecule has 3 amide bonds. The molecule has 7 heteroatoms. The average molecular weight is 378 g/mol. The molecule has 1 aromatic heterocycles. The molecule has 1 aromatic carbocycles. The molecule has 7 nitrogen and oxygen atoms in total. The topological polar surface area (TPSA) is 91.4 Å². The molecule has 2 N–H and O–H groups in total. The third-order valence-electron chi connectivity index (χ3n) is 5.28. The van der Waals surface area contributed by atoms with Gasteiger partial charge >= 0.3 is 0 Å². The lowest BCUT2D eigenvalue weighted by molar-refractivity contribution is -0.132. The molecule has 0 aliphatic carbocycles. The van der Waals surface area contributed by atoms with Crippen LogP contribution in [0.2, 0.25) is 0 Å². The minimum Gasteiger partial charge on any atom is -0.353 e. The number of fused-ring (bicyclic) bond motifs is 1. The molecule has 28 heavy (non-hydrogen) atoms. The summed E-state index contributed by atoms with van der Waals surface area (Å²) in [6.07, 6.45) is 5.52. The number of hydrogen-bond donors (Lipinski definition) is 2. The number of amides is 3. The number of nitrogens with one attached hydrogen (secondary N) is 2. The van der Waals surface area contributed by atoms with E-state index in [1.54, 1.807) is 24.5 Å². The lowest BCUT2D eigenvalue weighted by atomic mass is 9.98. The van der Waals surface area contributed by atoms with Gasteiger partial charge in [-0.1, -0.05) is 6.07 Å². The van der Waals surface area contributed by atoms with E-state index in [4.69, 9.17) is 0 Å². The van der Waals surface area contributed by atoms with E-state index in [0.717, 1.165) is 18.4 Å². The maximum atomic E-state index is 12.6. The second-order valence-corrected chi connectivity index (χ2v) is 7.25. The van der Waals surface area contributed by atoms with Gasteiger partial charge in [0.1, 0.15) is 0 Å². The molecule has 1 unspecified atom stereocenters. The van der Waals surface area contributed by atoms with Gasteiger partial charge in [0.15, 0.2) is 0 Å². The van der Waals surface area contributed by atoms with Crippen LogP contribution < -0.4 is 10.6 Å². The molecule has 1 atom stereocenters. The summed E-state index contributed by atoms with van der Waals surface area (Å²) in [7, 11) is 0. The minimum absolute atomic E-state index is 0.0244. The third-order valence-corrected chi connectivity index (χ3v) is 5.28. The zero-order valence-electron chi connectivity index (χ0n) is 15.5. The van der Waals surface area contributed by atoms with Gasteiger partial charge < -0.3 is 15.5 Å². The van der Waals surface area contributed by atoms with Crippen LogP contribution in [-0.2, 0) is 22.6 Å². The van der Waals surface area contributed by atoms with Crippen LogP contribution in [0.25, 0.3) is 0 Å². The van der Waals surface area contributed by atoms with Crippen molar-refractivity contribution in [3.63, 3.8) is 0 Å². The van der Waals surface area contributed by atoms with Crippen LogP contribution in [0.1, 0.15) is 40.7 Å². The molecule has 2 aliphatic heterocycles. The Balaban J connectivity index is 1.41. The molecule has 3 heterocycles. The normalized spacial score (nSPS) is 18.4. The fourth-order valence-corrected chi connectivity index (χ4v) is 3.72. The largest absolute Gasteiger partial charge is 0.353 e. The Bertz CT molecular complexity index is 913. The molecule has 4 rings (SSSR count). The summed E-state index contributed by atoms with van der Waals surface area (Å²) in [5, 5.41) is 5.75. The van der Waals surface area contributed by atoms with Crippen LogP contribution in [0, 0.1) is 0 Å². The van der Waals surface area contributed by atoms with Crippen molar-refractivity contribution >= 4 is 23.4 Å². The standard InChI is InChI=1S/C21H22N4O3/c26-19-4-3-18(23-19)12-20(27)25-10-7-14-1-2-17(11-16(14)13-25)24-21(28)15-5-8-22-9-6-15/h1-2,5-6,8-9,11,18H,3-4,7,10,12-13H2,(H,23,26)(H,24,28). The highest BCUT2D eigenvalue weighted by Gasteiger charge is 2.27. The second-order valence-electron chi connectivity index (χ2n) is 7.25. The maximum Gasteiger partial charge on any atom is 0.255 e. The van der Waals surface area contributed by atoms with E-state index in [0.29, 0.717) is 37.2 Å². The monoisotopic (exact) mass is 378 g/mol. The van der Waals surface area contributed by atoms with Crippen molar-refractivity contribution in [3.8, 4) is 0 Å². The average Bonchev–Trinajstić information content (AvgIpc) is 3.12. The van der Waals surface area contributed by atoms with Crippen LogP contribution in [0.3, 0.4) is 0 Å². The number of hydrogen-bond acceptors (Lipinski definition) is 4. The van der Waals surface area contributed by atoms with Gasteiger partial charge in [-0.3, -0.25) is 19.4 Å². The van der Waals surface area contributed by atoms with Gasteiger partial charge in [0.25, 0.3) is 5.91 Å². The number of carbonyl (C=O) groups excluding carboxylic acids is 3. The fraction of sp³-hybridized carbons (Fsp3) is 0.333. The molecule has 144 valence electrons. The van der Waals surface area contributed by atoms with Gasteiger partial charge in [0.05, 0.1) is 0 Å². The molecule has 0 radical (unpaired) electrons. The first-order valence-electron chi connectivity index (χ1n) is 9.49. The van der Waals surface area contributed by atoms with E-state index in [1.807, 2.05) is 23.1 Å². The quantitative estimate of drug-likeness (QED) is 0.850. The Morgan fingerprint density at radius 2 is 1.96 bits per heavy atom. The zero-order valence-corrected chi connectivity index (χ0v) is 15.5. The first kappa shape index (κ1) is 18.2.